The van der Waals surface area contributed by atoms with Crippen molar-refractivity contribution >= 4 is 32.9 Å². The van der Waals surface area contributed by atoms with Gasteiger partial charge in [-0.05, 0) is 57.1 Å². The van der Waals surface area contributed by atoms with Crippen LogP contribution in [0.15, 0.2) is 133 Å². The smallest absolute Gasteiger partial charge is 0.0470 e. The van der Waals surface area contributed by atoms with E-state index < -0.39 is 0 Å². The third-order valence-corrected chi connectivity index (χ3v) is 6.23. The monoisotopic (exact) mass is 421 g/mol. The zero-order valence-electron chi connectivity index (χ0n) is 18.2. The number of rotatable bonds is 4. The van der Waals surface area contributed by atoms with E-state index in [0.717, 1.165) is 11.4 Å². The normalized spacial score (nSPS) is 11.0. The molecule has 6 rings (SSSR count). The number of anilines is 2. The molecule has 0 aliphatic carbocycles. The van der Waals surface area contributed by atoms with Crippen molar-refractivity contribution < 1.29 is 0 Å². The Bertz CT molecular complexity index is 1570. The second kappa shape index (κ2) is 8.29. The fourth-order valence-electron chi connectivity index (χ4n) is 4.65. The maximum absolute atomic E-state index is 3.79. The molecular formula is C32H23N. The van der Waals surface area contributed by atoms with Crippen molar-refractivity contribution in [2.45, 2.75) is 0 Å². The zero-order valence-corrected chi connectivity index (χ0v) is 18.2. The highest BCUT2D eigenvalue weighted by atomic mass is 14.9. The Balaban J connectivity index is 1.55. The third-order valence-electron chi connectivity index (χ3n) is 6.23. The maximum Gasteiger partial charge on any atom is 0.0470 e. The second-order valence-corrected chi connectivity index (χ2v) is 8.31. The second-order valence-electron chi connectivity index (χ2n) is 8.31. The van der Waals surface area contributed by atoms with Gasteiger partial charge in [-0.3, -0.25) is 0 Å². The maximum atomic E-state index is 3.79. The first-order valence-corrected chi connectivity index (χ1v) is 11.3. The van der Waals surface area contributed by atoms with E-state index in [9.17, 15) is 0 Å². The molecular weight excluding hydrogens is 398 g/mol. The van der Waals surface area contributed by atoms with E-state index in [4.69, 9.17) is 0 Å². The summed E-state index contributed by atoms with van der Waals surface area (Å²) in [5, 5.41) is 8.76. The lowest BCUT2D eigenvalue weighted by atomic mass is 9.92. The van der Waals surface area contributed by atoms with Crippen LogP contribution in [0.3, 0.4) is 0 Å². The predicted molar refractivity (Wildman–Crippen MR) is 142 cm³/mol. The summed E-state index contributed by atoms with van der Waals surface area (Å²) in [6.07, 6.45) is 0. The van der Waals surface area contributed by atoms with Crippen LogP contribution in [0.5, 0.6) is 0 Å². The number of hydrogen-bond donors (Lipinski definition) is 1. The summed E-state index contributed by atoms with van der Waals surface area (Å²) in [5.41, 5.74) is 7.05. The van der Waals surface area contributed by atoms with Gasteiger partial charge in [0, 0.05) is 22.3 Å². The SMILES string of the molecule is c1ccc(-c2cccc(Nc3cccc4cc5ccccc5cc34)c2-c2ccccc2)cc1. The van der Waals surface area contributed by atoms with Gasteiger partial charge in [0.1, 0.15) is 0 Å². The number of nitrogens with one attached hydrogen (secondary N) is 1. The Morgan fingerprint density at radius 1 is 0.394 bits per heavy atom. The molecule has 0 saturated heterocycles. The predicted octanol–water partition coefficient (Wildman–Crippen LogP) is 9.07. The Morgan fingerprint density at radius 3 is 1.73 bits per heavy atom. The minimum absolute atomic E-state index is 1.10. The molecule has 0 radical (unpaired) electrons. The van der Waals surface area contributed by atoms with Crippen molar-refractivity contribution in [2.24, 2.45) is 0 Å². The summed E-state index contributed by atoms with van der Waals surface area (Å²) in [4.78, 5) is 0. The Labute approximate surface area is 194 Å². The Kier molecular flexibility index (Phi) is 4.86. The van der Waals surface area contributed by atoms with Crippen molar-refractivity contribution in [2.75, 3.05) is 5.32 Å². The number of benzene rings is 6. The van der Waals surface area contributed by atoms with E-state index in [1.807, 2.05) is 0 Å². The quantitative estimate of drug-likeness (QED) is 0.280. The molecule has 6 aromatic carbocycles. The van der Waals surface area contributed by atoms with Gasteiger partial charge in [0.05, 0.1) is 0 Å². The number of hydrogen-bond acceptors (Lipinski definition) is 1. The summed E-state index contributed by atoms with van der Waals surface area (Å²) in [5.74, 6) is 0. The van der Waals surface area contributed by atoms with Gasteiger partial charge in [-0.1, -0.05) is 109 Å². The van der Waals surface area contributed by atoms with Crippen LogP contribution in [-0.4, -0.2) is 0 Å². The minimum Gasteiger partial charge on any atom is -0.354 e. The molecule has 0 heterocycles. The Morgan fingerprint density at radius 2 is 0.970 bits per heavy atom. The first-order valence-electron chi connectivity index (χ1n) is 11.3. The van der Waals surface area contributed by atoms with Crippen molar-refractivity contribution in [1.82, 2.24) is 0 Å². The van der Waals surface area contributed by atoms with E-state index in [1.54, 1.807) is 0 Å². The topological polar surface area (TPSA) is 12.0 Å². The lowest BCUT2D eigenvalue weighted by Crippen LogP contribution is -1.96. The highest BCUT2D eigenvalue weighted by Crippen LogP contribution is 2.40. The molecule has 33 heavy (non-hydrogen) atoms. The van der Waals surface area contributed by atoms with Gasteiger partial charge in [0.2, 0.25) is 0 Å². The van der Waals surface area contributed by atoms with E-state index in [1.165, 1.54) is 43.8 Å². The first-order chi connectivity index (χ1) is 16.4. The highest BCUT2D eigenvalue weighted by molar-refractivity contribution is 6.05. The lowest BCUT2D eigenvalue weighted by Gasteiger charge is -2.18. The van der Waals surface area contributed by atoms with Crippen LogP contribution in [-0.2, 0) is 0 Å². The van der Waals surface area contributed by atoms with E-state index >= 15 is 0 Å². The molecule has 0 unspecified atom stereocenters. The molecule has 0 saturated carbocycles. The Hall–Kier alpha value is -4.36. The minimum atomic E-state index is 1.10. The fourth-order valence-corrected chi connectivity index (χ4v) is 4.65. The van der Waals surface area contributed by atoms with Crippen molar-refractivity contribution in [3.63, 3.8) is 0 Å². The summed E-state index contributed by atoms with van der Waals surface area (Å²) >= 11 is 0. The van der Waals surface area contributed by atoms with Crippen LogP contribution in [0.4, 0.5) is 11.4 Å². The van der Waals surface area contributed by atoms with E-state index in [2.05, 4.69) is 139 Å². The largest absolute Gasteiger partial charge is 0.354 e. The molecule has 1 N–H and O–H groups in total. The van der Waals surface area contributed by atoms with Crippen LogP contribution in [0.25, 0.3) is 43.8 Å². The zero-order chi connectivity index (χ0) is 22.0. The van der Waals surface area contributed by atoms with Crippen LogP contribution >= 0.6 is 0 Å². The van der Waals surface area contributed by atoms with Crippen molar-refractivity contribution in [3.05, 3.63) is 133 Å². The van der Waals surface area contributed by atoms with Crippen molar-refractivity contribution in [3.8, 4) is 22.3 Å². The summed E-state index contributed by atoms with van der Waals surface area (Å²) in [7, 11) is 0. The van der Waals surface area contributed by atoms with Gasteiger partial charge in [0.15, 0.2) is 0 Å². The molecule has 0 spiro atoms. The lowest BCUT2D eigenvalue weighted by molar-refractivity contribution is 1.54. The molecule has 0 atom stereocenters. The van der Waals surface area contributed by atoms with E-state index in [-0.39, 0.29) is 0 Å². The van der Waals surface area contributed by atoms with Gasteiger partial charge in [0.25, 0.3) is 0 Å². The molecule has 0 aliphatic heterocycles. The molecule has 0 aromatic heterocycles. The molecule has 1 nitrogen and oxygen atoms in total. The molecule has 0 amide bonds. The average molecular weight is 422 g/mol. The third kappa shape index (κ3) is 3.64. The number of fused-ring (bicyclic) bond motifs is 2. The molecule has 0 aliphatic rings. The molecule has 156 valence electrons. The molecule has 0 bridgehead atoms. The first kappa shape index (κ1) is 19.3. The highest BCUT2D eigenvalue weighted by Gasteiger charge is 2.13. The van der Waals surface area contributed by atoms with Crippen LogP contribution in [0.1, 0.15) is 0 Å². The van der Waals surface area contributed by atoms with Crippen molar-refractivity contribution in [1.29, 1.82) is 0 Å². The summed E-state index contributed by atoms with van der Waals surface area (Å²) in [6.45, 7) is 0. The summed E-state index contributed by atoms with van der Waals surface area (Å²) in [6, 6.07) is 47.4. The van der Waals surface area contributed by atoms with Gasteiger partial charge < -0.3 is 5.32 Å². The molecule has 1 heteroatoms. The van der Waals surface area contributed by atoms with Gasteiger partial charge >= 0.3 is 0 Å². The fraction of sp³-hybridized carbons (Fsp3) is 0. The standard InChI is InChI=1S/C32H23N/c1-3-11-23(12-4-1)28-18-10-20-31(32(28)24-13-5-2-6-14-24)33-30-19-9-17-27-21-25-15-7-8-16-26(25)22-29(27)30/h1-22,33H. The van der Waals surface area contributed by atoms with Gasteiger partial charge in [-0.15, -0.1) is 0 Å². The molecule has 6 aromatic rings. The van der Waals surface area contributed by atoms with Crippen LogP contribution < -0.4 is 5.32 Å². The van der Waals surface area contributed by atoms with E-state index in [0.29, 0.717) is 0 Å². The van der Waals surface area contributed by atoms with Crippen LogP contribution in [0, 0.1) is 0 Å². The van der Waals surface area contributed by atoms with Crippen LogP contribution in [0.2, 0.25) is 0 Å². The van der Waals surface area contributed by atoms with Gasteiger partial charge in [-0.25, -0.2) is 0 Å². The van der Waals surface area contributed by atoms with Gasteiger partial charge in [-0.2, -0.15) is 0 Å². The molecule has 0 fully saturated rings. The average Bonchev–Trinajstić information content (AvgIpc) is 2.89. The summed E-state index contributed by atoms with van der Waals surface area (Å²) < 4.78 is 0.